The number of halogens is 2. The van der Waals surface area contributed by atoms with Crippen molar-refractivity contribution in [3.63, 3.8) is 0 Å². The van der Waals surface area contributed by atoms with E-state index >= 15 is 0 Å². The van der Waals surface area contributed by atoms with Crippen LogP contribution < -0.4 is 10.1 Å². The molecule has 0 unspecified atom stereocenters. The van der Waals surface area contributed by atoms with Crippen molar-refractivity contribution in [3.8, 4) is 5.75 Å². The molecule has 0 atom stereocenters. The van der Waals surface area contributed by atoms with Crippen molar-refractivity contribution in [1.29, 1.82) is 0 Å². The summed E-state index contributed by atoms with van der Waals surface area (Å²) in [5.74, 6) is -0.0399. The second-order valence-corrected chi connectivity index (χ2v) is 9.34. The predicted molar refractivity (Wildman–Crippen MR) is 122 cm³/mol. The Labute approximate surface area is 191 Å². The molecule has 0 spiro atoms. The van der Waals surface area contributed by atoms with Gasteiger partial charge in [-0.25, -0.2) is 8.42 Å². The van der Waals surface area contributed by atoms with Crippen LogP contribution in [0.4, 0.5) is 5.69 Å². The van der Waals surface area contributed by atoms with Crippen molar-refractivity contribution in [1.82, 2.24) is 4.31 Å². The van der Waals surface area contributed by atoms with Gasteiger partial charge in [0.1, 0.15) is 5.75 Å². The fourth-order valence-electron chi connectivity index (χ4n) is 2.90. The van der Waals surface area contributed by atoms with Gasteiger partial charge in [0.15, 0.2) is 0 Å². The molecule has 1 amide bonds. The summed E-state index contributed by atoms with van der Waals surface area (Å²) in [7, 11) is -2.56. The summed E-state index contributed by atoms with van der Waals surface area (Å²) < 4.78 is 33.0. The largest absolute Gasteiger partial charge is 0.495 e. The van der Waals surface area contributed by atoms with Crippen LogP contribution in [0.1, 0.15) is 5.56 Å². The maximum atomic E-state index is 13.3. The van der Waals surface area contributed by atoms with Gasteiger partial charge in [-0.3, -0.25) is 4.79 Å². The molecule has 0 aliphatic heterocycles. The third kappa shape index (κ3) is 5.77. The monoisotopic (exact) mass is 478 g/mol. The number of para-hydroxylation sites is 2. The minimum atomic E-state index is -4.04. The van der Waals surface area contributed by atoms with Crippen LogP contribution in [-0.2, 0) is 21.4 Å². The van der Waals surface area contributed by atoms with Crippen LogP contribution in [0.25, 0.3) is 0 Å². The summed E-state index contributed by atoms with van der Waals surface area (Å²) >= 11 is 12.0. The molecule has 0 bridgehead atoms. The third-order valence-corrected chi connectivity index (χ3v) is 6.96. The predicted octanol–water partition coefficient (Wildman–Crippen LogP) is 4.83. The molecule has 0 aromatic heterocycles. The number of sulfonamides is 1. The normalized spacial score (nSPS) is 11.4. The molecule has 3 aromatic carbocycles. The number of rotatable bonds is 8. The van der Waals surface area contributed by atoms with Gasteiger partial charge in [-0.2, -0.15) is 4.31 Å². The van der Waals surface area contributed by atoms with Gasteiger partial charge < -0.3 is 10.1 Å². The number of methoxy groups -OCH3 is 1. The van der Waals surface area contributed by atoms with Gasteiger partial charge >= 0.3 is 0 Å². The lowest BCUT2D eigenvalue weighted by molar-refractivity contribution is -0.116. The number of carbonyl (C=O) groups excluding carboxylic acids is 1. The van der Waals surface area contributed by atoms with E-state index in [1.807, 2.05) is 6.07 Å². The van der Waals surface area contributed by atoms with E-state index in [0.717, 1.165) is 9.87 Å². The number of hydrogen-bond donors (Lipinski definition) is 1. The van der Waals surface area contributed by atoms with Gasteiger partial charge in [0, 0.05) is 6.54 Å². The number of anilines is 1. The van der Waals surface area contributed by atoms with Gasteiger partial charge in [0.25, 0.3) is 0 Å². The van der Waals surface area contributed by atoms with E-state index in [2.05, 4.69) is 5.32 Å². The number of nitrogens with one attached hydrogen (secondary N) is 1. The van der Waals surface area contributed by atoms with Crippen LogP contribution in [0.2, 0.25) is 10.0 Å². The highest BCUT2D eigenvalue weighted by atomic mass is 35.5. The molecule has 0 saturated heterocycles. The Morgan fingerprint density at radius 1 is 0.968 bits per heavy atom. The van der Waals surface area contributed by atoms with Crippen LogP contribution in [0, 0.1) is 0 Å². The Morgan fingerprint density at radius 3 is 2.32 bits per heavy atom. The Bertz CT molecular complexity index is 1170. The molecule has 3 aromatic rings. The first-order chi connectivity index (χ1) is 14.8. The lowest BCUT2D eigenvalue weighted by Crippen LogP contribution is -2.37. The molecule has 0 saturated carbocycles. The van der Waals surface area contributed by atoms with Gasteiger partial charge in [0.05, 0.1) is 34.3 Å². The standard InChI is InChI=1S/C22H20Cl2N2O4S/c1-30-21-10-6-5-9-20(21)25-22(27)15-26(14-16-7-3-2-4-8-16)31(28,29)17-11-12-18(23)19(24)13-17/h2-13H,14-15H2,1H3,(H,25,27). The molecule has 162 valence electrons. The van der Waals surface area contributed by atoms with Crippen molar-refractivity contribution in [2.24, 2.45) is 0 Å². The quantitative estimate of drug-likeness (QED) is 0.502. The molecule has 6 nitrogen and oxygen atoms in total. The van der Waals surface area contributed by atoms with Crippen molar-refractivity contribution in [3.05, 3.63) is 88.4 Å². The summed E-state index contributed by atoms with van der Waals surface area (Å²) in [4.78, 5) is 12.7. The van der Waals surface area contributed by atoms with Crippen LogP contribution in [0.5, 0.6) is 5.75 Å². The van der Waals surface area contributed by atoms with E-state index in [4.69, 9.17) is 27.9 Å². The second-order valence-electron chi connectivity index (χ2n) is 6.58. The zero-order valence-electron chi connectivity index (χ0n) is 16.6. The van der Waals surface area contributed by atoms with Gasteiger partial charge in [-0.15, -0.1) is 0 Å². The van der Waals surface area contributed by atoms with Crippen LogP contribution in [0.15, 0.2) is 77.7 Å². The van der Waals surface area contributed by atoms with E-state index in [1.54, 1.807) is 48.5 Å². The zero-order chi connectivity index (χ0) is 22.4. The maximum Gasteiger partial charge on any atom is 0.243 e. The second kappa shape index (κ2) is 10.2. The Hall–Kier alpha value is -2.58. The van der Waals surface area contributed by atoms with Crippen LogP contribution in [-0.4, -0.2) is 32.3 Å². The number of amides is 1. The lowest BCUT2D eigenvalue weighted by atomic mass is 10.2. The zero-order valence-corrected chi connectivity index (χ0v) is 18.9. The minimum absolute atomic E-state index is 0.00274. The molecule has 31 heavy (non-hydrogen) atoms. The molecule has 0 aliphatic carbocycles. The minimum Gasteiger partial charge on any atom is -0.495 e. The van der Waals surface area contributed by atoms with Crippen molar-refractivity contribution < 1.29 is 17.9 Å². The highest BCUT2D eigenvalue weighted by molar-refractivity contribution is 7.89. The van der Waals surface area contributed by atoms with Crippen molar-refractivity contribution >= 4 is 44.8 Å². The molecular formula is C22H20Cl2N2O4S. The van der Waals surface area contributed by atoms with Crippen LogP contribution >= 0.6 is 23.2 Å². The average Bonchev–Trinajstić information content (AvgIpc) is 2.76. The number of ether oxygens (including phenoxy) is 1. The Balaban J connectivity index is 1.90. The van der Waals surface area contributed by atoms with Gasteiger partial charge in [0.2, 0.25) is 15.9 Å². The van der Waals surface area contributed by atoms with E-state index < -0.39 is 22.5 Å². The number of carbonyl (C=O) groups is 1. The fraction of sp³-hybridized carbons (Fsp3) is 0.136. The van der Waals surface area contributed by atoms with Crippen molar-refractivity contribution in [2.75, 3.05) is 19.0 Å². The van der Waals surface area contributed by atoms with E-state index in [-0.39, 0.29) is 21.5 Å². The average molecular weight is 479 g/mol. The SMILES string of the molecule is COc1ccccc1NC(=O)CN(Cc1ccccc1)S(=O)(=O)c1ccc(Cl)c(Cl)c1. The molecule has 1 N–H and O–H groups in total. The molecule has 0 fully saturated rings. The molecule has 0 heterocycles. The smallest absolute Gasteiger partial charge is 0.243 e. The van der Waals surface area contributed by atoms with E-state index in [9.17, 15) is 13.2 Å². The number of hydrogen-bond acceptors (Lipinski definition) is 4. The number of nitrogens with zero attached hydrogens (tertiary/aromatic N) is 1. The molecule has 3 rings (SSSR count). The summed E-state index contributed by atoms with van der Waals surface area (Å²) in [6.45, 7) is -0.404. The molecule has 0 aliphatic rings. The Kier molecular flexibility index (Phi) is 7.56. The highest BCUT2D eigenvalue weighted by Crippen LogP contribution is 2.28. The summed E-state index contributed by atoms with van der Waals surface area (Å²) in [5, 5.41) is 3.06. The van der Waals surface area contributed by atoms with Gasteiger partial charge in [-0.05, 0) is 35.9 Å². The highest BCUT2D eigenvalue weighted by Gasteiger charge is 2.28. The summed E-state index contributed by atoms with van der Waals surface area (Å²) in [6, 6.07) is 19.9. The third-order valence-electron chi connectivity index (χ3n) is 4.43. The van der Waals surface area contributed by atoms with E-state index in [0.29, 0.717) is 11.4 Å². The molecular weight excluding hydrogens is 459 g/mol. The first-order valence-electron chi connectivity index (χ1n) is 9.23. The maximum absolute atomic E-state index is 13.3. The molecule has 9 heteroatoms. The fourth-order valence-corrected chi connectivity index (χ4v) is 4.67. The Morgan fingerprint density at radius 2 is 1.65 bits per heavy atom. The van der Waals surface area contributed by atoms with Crippen LogP contribution in [0.3, 0.4) is 0 Å². The molecule has 0 radical (unpaired) electrons. The lowest BCUT2D eigenvalue weighted by Gasteiger charge is -2.22. The summed E-state index contributed by atoms with van der Waals surface area (Å²) in [6.07, 6.45) is 0. The summed E-state index contributed by atoms with van der Waals surface area (Å²) in [5.41, 5.74) is 1.18. The van der Waals surface area contributed by atoms with E-state index in [1.165, 1.54) is 25.3 Å². The topological polar surface area (TPSA) is 75.7 Å². The number of benzene rings is 3. The first-order valence-corrected chi connectivity index (χ1v) is 11.4. The van der Waals surface area contributed by atoms with Crippen molar-refractivity contribution in [2.45, 2.75) is 11.4 Å². The first kappa shape index (κ1) is 23.1. The van der Waals surface area contributed by atoms with Gasteiger partial charge in [-0.1, -0.05) is 65.7 Å².